The lowest BCUT2D eigenvalue weighted by atomic mass is 9.95. The Hall–Kier alpha value is -2.08. The lowest BCUT2D eigenvalue weighted by Gasteiger charge is -2.18. The van der Waals surface area contributed by atoms with Crippen LogP contribution >= 0.6 is 11.8 Å². The highest BCUT2D eigenvalue weighted by atomic mass is 32.2. The molecule has 3 rings (SSSR count). The van der Waals surface area contributed by atoms with Crippen molar-refractivity contribution in [1.29, 1.82) is 0 Å². The molecule has 0 saturated heterocycles. The normalized spacial score (nSPS) is 14.0. The summed E-state index contributed by atoms with van der Waals surface area (Å²) in [7, 11) is 1.58. The number of rotatable bonds is 2. The number of Topliss-reactive ketones (excluding diaryl/α,β-unsaturated/α-hetero) is 1. The van der Waals surface area contributed by atoms with Crippen molar-refractivity contribution in [2.24, 2.45) is 7.05 Å². The third kappa shape index (κ3) is 2.14. The van der Waals surface area contributed by atoms with Gasteiger partial charge in [0, 0.05) is 40.9 Å². The van der Waals surface area contributed by atoms with Gasteiger partial charge in [-0.3, -0.25) is 24.2 Å². The molecule has 1 aromatic carbocycles. The van der Waals surface area contributed by atoms with Gasteiger partial charge in [-0.05, 0) is 31.5 Å². The zero-order valence-electron chi connectivity index (χ0n) is 12.6. The van der Waals surface area contributed by atoms with Crippen LogP contribution in [-0.2, 0) is 7.05 Å². The predicted molar refractivity (Wildman–Crippen MR) is 85.1 cm³/mol. The van der Waals surface area contributed by atoms with Gasteiger partial charge < -0.3 is 0 Å². The molecule has 1 N–H and O–H groups in total. The van der Waals surface area contributed by atoms with Gasteiger partial charge in [0.2, 0.25) is 5.78 Å². The van der Waals surface area contributed by atoms with E-state index in [1.165, 1.54) is 4.68 Å². The molecule has 5 nitrogen and oxygen atoms in total. The molecule has 6 heteroatoms. The summed E-state index contributed by atoms with van der Waals surface area (Å²) < 4.78 is 1.30. The number of carbonyl (C=O) groups excluding carboxylic acids is 2. The first-order valence-corrected chi connectivity index (χ1v) is 8.00. The Balaban J connectivity index is 2.15. The Bertz CT molecular complexity index is 861. The van der Waals surface area contributed by atoms with Gasteiger partial charge in [0.05, 0.1) is 0 Å². The van der Waals surface area contributed by atoms with Gasteiger partial charge in [-0.15, -0.1) is 11.8 Å². The van der Waals surface area contributed by atoms with Crippen molar-refractivity contribution in [3.8, 4) is 0 Å². The van der Waals surface area contributed by atoms with E-state index in [-0.39, 0.29) is 22.7 Å². The lowest BCUT2D eigenvalue weighted by molar-refractivity contribution is 0.0981. The summed E-state index contributed by atoms with van der Waals surface area (Å²) in [6.07, 6.45) is 0.530. The van der Waals surface area contributed by atoms with E-state index >= 15 is 0 Å². The van der Waals surface area contributed by atoms with Crippen molar-refractivity contribution in [2.75, 3.05) is 5.75 Å². The molecule has 0 fully saturated rings. The van der Waals surface area contributed by atoms with E-state index in [0.717, 1.165) is 16.2 Å². The Morgan fingerprint density at radius 3 is 2.64 bits per heavy atom. The second kappa shape index (κ2) is 5.28. The fourth-order valence-corrected chi connectivity index (χ4v) is 3.97. The number of hydrogen-bond acceptors (Lipinski definition) is 4. The number of aromatic amines is 1. The van der Waals surface area contributed by atoms with Crippen LogP contribution in [0.1, 0.15) is 44.0 Å². The number of nitrogens with zero attached hydrogens (tertiary/aromatic N) is 1. The maximum Gasteiger partial charge on any atom is 0.277 e. The van der Waals surface area contributed by atoms with Gasteiger partial charge in [0.1, 0.15) is 5.56 Å². The van der Waals surface area contributed by atoms with E-state index in [9.17, 15) is 14.4 Å². The first-order chi connectivity index (χ1) is 10.4. The number of benzene rings is 1. The number of fused-ring (bicyclic) bond motifs is 1. The van der Waals surface area contributed by atoms with Crippen molar-refractivity contribution >= 4 is 23.3 Å². The van der Waals surface area contributed by atoms with Crippen LogP contribution in [0.25, 0.3) is 0 Å². The van der Waals surface area contributed by atoms with Crippen molar-refractivity contribution in [2.45, 2.75) is 25.2 Å². The average molecular weight is 316 g/mol. The molecule has 22 heavy (non-hydrogen) atoms. The number of ketones is 2. The molecule has 2 aromatic rings. The Morgan fingerprint density at radius 1 is 1.27 bits per heavy atom. The number of nitrogens with one attached hydrogen (secondary N) is 1. The van der Waals surface area contributed by atoms with Crippen LogP contribution in [0.4, 0.5) is 0 Å². The predicted octanol–water partition coefficient (Wildman–Crippen LogP) is 2.24. The second-order valence-electron chi connectivity index (χ2n) is 5.44. The minimum Gasteiger partial charge on any atom is -0.299 e. The Labute approximate surface area is 131 Å². The molecular formula is C16H16N2O3S. The summed E-state index contributed by atoms with van der Waals surface area (Å²) in [4.78, 5) is 37.7. The minimum atomic E-state index is -0.330. The van der Waals surface area contributed by atoms with Crippen LogP contribution in [0.15, 0.2) is 21.8 Å². The summed E-state index contributed by atoms with van der Waals surface area (Å²) in [5, 5.41) is 2.84. The zero-order chi connectivity index (χ0) is 16.0. The van der Waals surface area contributed by atoms with Crippen LogP contribution in [0.5, 0.6) is 0 Å². The first-order valence-electron chi connectivity index (χ1n) is 7.01. The number of aryl methyl sites for hydroxylation is 2. The van der Waals surface area contributed by atoms with Crippen molar-refractivity contribution in [3.05, 3.63) is 50.4 Å². The number of thioether (sulfide) groups is 1. The van der Waals surface area contributed by atoms with Crippen LogP contribution in [0, 0.1) is 13.8 Å². The maximum atomic E-state index is 12.8. The summed E-state index contributed by atoms with van der Waals surface area (Å²) in [5.74, 6) is 0.554. The molecule has 0 unspecified atom stereocenters. The fourth-order valence-electron chi connectivity index (χ4n) is 2.81. The molecule has 0 atom stereocenters. The number of carbonyl (C=O) groups is 2. The molecular weight excluding hydrogens is 300 g/mol. The first kappa shape index (κ1) is 14.8. The fraction of sp³-hybridized carbons (Fsp3) is 0.312. The largest absolute Gasteiger partial charge is 0.299 e. The highest BCUT2D eigenvalue weighted by Gasteiger charge is 2.25. The number of hydrogen-bond donors (Lipinski definition) is 1. The van der Waals surface area contributed by atoms with Gasteiger partial charge in [0.15, 0.2) is 5.78 Å². The second-order valence-corrected chi connectivity index (χ2v) is 6.55. The molecule has 1 aromatic heterocycles. The third-order valence-corrected chi connectivity index (χ3v) is 5.21. The molecule has 114 valence electrons. The smallest absolute Gasteiger partial charge is 0.277 e. The maximum absolute atomic E-state index is 12.8. The SMILES string of the molecule is Cc1[nH]n(C)c(=O)c1C(=O)c1ccc2c(c1C)SCCC2=O. The van der Waals surface area contributed by atoms with E-state index in [1.807, 2.05) is 6.92 Å². The van der Waals surface area contributed by atoms with Crippen LogP contribution in [-0.4, -0.2) is 27.1 Å². The molecule has 0 aliphatic carbocycles. The molecule has 1 aliphatic heterocycles. The summed E-state index contributed by atoms with van der Waals surface area (Å²) in [6.45, 7) is 3.55. The van der Waals surface area contributed by atoms with Gasteiger partial charge in [-0.1, -0.05) is 0 Å². The average Bonchev–Trinajstić information content (AvgIpc) is 2.73. The van der Waals surface area contributed by atoms with Crippen LogP contribution < -0.4 is 5.56 Å². The molecule has 0 bridgehead atoms. The summed E-state index contributed by atoms with van der Waals surface area (Å²) >= 11 is 1.60. The van der Waals surface area contributed by atoms with Crippen LogP contribution in [0.3, 0.4) is 0 Å². The van der Waals surface area contributed by atoms with Crippen molar-refractivity contribution in [3.63, 3.8) is 0 Å². The zero-order valence-corrected chi connectivity index (χ0v) is 13.5. The minimum absolute atomic E-state index is 0.115. The van der Waals surface area contributed by atoms with E-state index in [2.05, 4.69) is 5.10 Å². The van der Waals surface area contributed by atoms with Gasteiger partial charge in [-0.2, -0.15) is 0 Å². The van der Waals surface area contributed by atoms with Gasteiger partial charge in [-0.25, -0.2) is 0 Å². The van der Waals surface area contributed by atoms with Crippen LogP contribution in [0.2, 0.25) is 0 Å². The molecule has 1 aliphatic rings. The summed E-state index contributed by atoms with van der Waals surface area (Å²) in [5.41, 5.74) is 2.34. The lowest BCUT2D eigenvalue weighted by Crippen LogP contribution is -2.21. The third-order valence-electron chi connectivity index (χ3n) is 3.98. The summed E-state index contributed by atoms with van der Waals surface area (Å²) in [6, 6.07) is 3.36. The van der Waals surface area contributed by atoms with Gasteiger partial charge in [0.25, 0.3) is 5.56 Å². The highest BCUT2D eigenvalue weighted by Crippen LogP contribution is 2.34. The quantitative estimate of drug-likeness (QED) is 0.863. The number of H-pyrrole nitrogens is 1. The topological polar surface area (TPSA) is 71.9 Å². The molecule has 0 saturated carbocycles. The number of aromatic nitrogens is 2. The molecule has 0 radical (unpaired) electrons. The standard InChI is InChI=1S/C16H16N2O3S/c1-8-10(4-5-11-12(19)6-7-22-15(8)11)14(20)13-9(2)17-18(3)16(13)21/h4-5,17H,6-7H2,1-3H3. The Morgan fingerprint density at radius 2 is 2.00 bits per heavy atom. The van der Waals surface area contributed by atoms with E-state index in [0.29, 0.717) is 23.2 Å². The molecule has 2 heterocycles. The highest BCUT2D eigenvalue weighted by molar-refractivity contribution is 7.99. The molecule has 0 amide bonds. The molecule has 0 spiro atoms. The van der Waals surface area contributed by atoms with Crippen molar-refractivity contribution in [1.82, 2.24) is 9.78 Å². The van der Waals surface area contributed by atoms with Gasteiger partial charge >= 0.3 is 0 Å². The van der Waals surface area contributed by atoms with Crippen molar-refractivity contribution < 1.29 is 9.59 Å². The van der Waals surface area contributed by atoms with E-state index in [4.69, 9.17) is 0 Å². The monoisotopic (exact) mass is 316 g/mol. The van der Waals surface area contributed by atoms with E-state index in [1.54, 1.807) is 37.9 Å². The Kier molecular flexibility index (Phi) is 3.56. The van der Waals surface area contributed by atoms with E-state index < -0.39 is 0 Å².